The van der Waals surface area contributed by atoms with Crippen LogP contribution in [0.3, 0.4) is 0 Å². The SMILES string of the molecule is O=C(Cc1c[nH]c2cc(Cl)ccc12)Nc1ccccc1Cl. The molecule has 1 heterocycles. The van der Waals surface area contributed by atoms with Crippen molar-refractivity contribution in [3.8, 4) is 0 Å². The number of carbonyl (C=O) groups is 1. The van der Waals surface area contributed by atoms with Crippen molar-refractivity contribution in [1.82, 2.24) is 4.98 Å². The van der Waals surface area contributed by atoms with Crippen LogP contribution >= 0.6 is 23.2 Å². The molecule has 0 fully saturated rings. The average molecular weight is 319 g/mol. The fraction of sp³-hybridized carbons (Fsp3) is 0.0625. The quantitative estimate of drug-likeness (QED) is 0.725. The molecule has 0 aliphatic heterocycles. The molecule has 0 radical (unpaired) electrons. The van der Waals surface area contributed by atoms with E-state index < -0.39 is 0 Å². The van der Waals surface area contributed by atoms with E-state index in [1.165, 1.54) is 0 Å². The molecule has 3 aromatic rings. The number of nitrogens with one attached hydrogen (secondary N) is 2. The van der Waals surface area contributed by atoms with Gasteiger partial charge in [-0.05, 0) is 29.8 Å². The zero-order valence-electron chi connectivity index (χ0n) is 11.0. The summed E-state index contributed by atoms with van der Waals surface area (Å²) in [5, 5.41) is 5.00. The summed E-state index contributed by atoms with van der Waals surface area (Å²) < 4.78 is 0. The van der Waals surface area contributed by atoms with Crippen molar-refractivity contribution in [3.05, 3.63) is 64.3 Å². The smallest absolute Gasteiger partial charge is 0.228 e. The number of anilines is 1. The summed E-state index contributed by atoms with van der Waals surface area (Å²) >= 11 is 12.0. The third-order valence-corrected chi connectivity index (χ3v) is 3.79. The van der Waals surface area contributed by atoms with Crippen LogP contribution < -0.4 is 5.32 Å². The molecule has 21 heavy (non-hydrogen) atoms. The highest BCUT2D eigenvalue weighted by Crippen LogP contribution is 2.24. The molecule has 2 aromatic carbocycles. The third kappa shape index (κ3) is 3.04. The van der Waals surface area contributed by atoms with Crippen molar-refractivity contribution in [3.63, 3.8) is 0 Å². The number of halogens is 2. The van der Waals surface area contributed by atoms with E-state index in [0.29, 0.717) is 15.7 Å². The zero-order chi connectivity index (χ0) is 14.8. The molecule has 0 saturated heterocycles. The summed E-state index contributed by atoms with van der Waals surface area (Å²) in [6.07, 6.45) is 2.10. The van der Waals surface area contributed by atoms with Crippen molar-refractivity contribution < 1.29 is 4.79 Å². The molecule has 0 aliphatic rings. The number of hydrogen-bond donors (Lipinski definition) is 2. The standard InChI is InChI=1S/C16H12Cl2N2O/c17-11-5-6-12-10(9-19-15(12)8-11)7-16(21)20-14-4-2-1-3-13(14)18/h1-6,8-9,19H,7H2,(H,20,21). The summed E-state index contributed by atoms with van der Waals surface area (Å²) in [7, 11) is 0. The van der Waals surface area contributed by atoms with Crippen LogP contribution in [0, 0.1) is 0 Å². The maximum atomic E-state index is 12.1. The van der Waals surface area contributed by atoms with E-state index >= 15 is 0 Å². The Hall–Kier alpha value is -1.97. The Bertz CT molecular complexity index is 811. The molecule has 106 valence electrons. The Morgan fingerprint density at radius 1 is 1.14 bits per heavy atom. The number of rotatable bonds is 3. The molecular weight excluding hydrogens is 307 g/mol. The second-order valence-corrected chi connectivity index (χ2v) is 5.55. The van der Waals surface area contributed by atoms with Gasteiger partial charge in [-0.2, -0.15) is 0 Å². The maximum absolute atomic E-state index is 12.1. The molecular formula is C16H12Cl2N2O. The Morgan fingerprint density at radius 2 is 1.95 bits per heavy atom. The number of carbonyl (C=O) groups excluding carboxylic acids is 1. The number of hydrogen-bond acceptors (Lipinski definition) is 1. The van der Waals surface area contributed by atoms with Gasteiger partial charge in [-0.15, -0.1) is 0 Å². The first-order chi connectivity index (χ1) is 10.1. The van der Waals surface area contributed by atoms with Crippen LogP contribution in [-0.4, -0.2) is 10.9 Å². The molecule has 1 amide bonds. The molecule has 0 aliphatic carbocycles. The van der Waals surface area contributed by atoms with E-state index in [4.69, 9.17) is 23.2 Å². The number of para-hydroxylation sites is 1. The highest BCUT2D eigenvalue weighted by atomic mass is 35.5. The van der Waals surface area contributed by atoms with E-state index in [0.717, 1.165) is 16.5 Å². The third-order valence-electron chi connectivity index (χ3n) is 3.23. The molecule has 1 aromatic heterocycles. The summed E-state index contributed by atoms with van der Waals surface area (Å²) in [6, 6.07) is 12.7. The van der Waals surface area contributed by atoms with E-state index in [9.17, 15) is 4.79 Å². The van der Waals surface area contributed by atoms with Crippen molar-refractivity contribution in [2.75, 3.05) is 5.32 Å². The van der Waals surface area contributed by atoms with Crippen LogP contribution in [-0.2, 0) is 11.2 Å². The molecule has 0 saturated carbocycles. The molecule has 5 heteroatoms. The minimum absolute atomic E-state index is 0.112. The van der Waals surface area contributed by atoms with E-state index in [-0.39, 0.29) is 12.3 Å². The van der Waals surface area contributed by atoms with Gasteiger partial charge in [0.05, 0.1) is 17.1 Å². The largest absolute Gasteiger partial charge is 0.361 e. The van der Waals surface area contributed by atoms with Crippen LogP contribution in [0.2, 0.25) is 10.0 Å². The first-order valence-electron chi connectivity index (χ1n) is 6.43. The van der Waals surface area contributed by atoms with Crippen LogP contribution in [0.5, 0.6) is 0 Å². The predicted molar refractivity (Wildman–Crippen MR) is 87.1 cm³/mol. The maximum Gasteiger partial charge on any atom is 0.228 e. The lowest BCUT2D eigenvalue weighted by Crippen LogP contribution is -2.14. The Labute approximate surface area is 131 Å². The van der Waals surface area contributed by atoms with Gasteiger partial charge >= 0.3 is 0 Å². The van der Waals surface area contributed by atoms with Crippen LogP contribution in [0.15, 0.2) is 48.7 Å². The Morgan fingerprint density at radius 3 is 2.76 bits per heavy atom. The second kappa shape index (κ2) is 5.80. The number of amides is 1. The summed E-state index contributed by atoms with van der Waals surface area (Å²) in [5.41, 5.74) is 2.46. The lowest BCUT2D eigenvalue weighted by Gasteiger charge is -2.06. The van der Waals surface area contributed by atoms with Crippen LogP contribution in [0.25, 0.3) is 10.9 Å². The molecule has 3 nitrogen and oxygen atoms in total. The minimum atomic E-state index is -0.112. The summed E-state index contributed by atoms with van der Waals surface area (Å²) in [5.74, 6) is -0.112. The number of fused-ring (bicyclic) bond motifs is 1. The fourth-order valence-electron chi connectivity index (χ4n) is 2.23. The molecule has 0 bridgehead atoms. The van der Waals surface area contributed by atoms with E-state index in [1.807, 2.05) is 36.5 Å². The summed E-state index contributed by atoms with van der Waals surface area (Å²) in [6.45, 7) is 0. The Balaban J connectivity index is 1.79. The van der Waals surface area contributed by atoms with Gasteiger partial charge in [-0.1, -0.05) is 41.4 Å². The molecule has 0 unspecified atom stereocenters. The van der Waals surface area contributed by atoms with Gasteiger partial charge in [-0.3, -0.25) is 4.79 Å². The van der Waals surface area contributed by atoms with Gasteiger partial charge in [0, 0.05) is 22.1 Å². The van der Waals surface area contributed by atoms with Crippen molar-refractivity contribution in [2.45, 2.75) is 6.42 Å². The van der Waals surface area contributed by atoms with Gasteiger partial charge in [0.25, 0.3) is 0 Å². The van der Waals surface area contributed by atoms with Gasteiger partial charge in [-0.25, -0.2) is 0 Å². The molecule has 0 atom stereocenters. The first-order valence-corrected chi connectivity index (χ1v) is 7.19. The van der Waals surface area contributed by atoms with Gasteiger partial charge in [0.2, 0.25) is 5.91 Å². The van der Waals surface area contributed by atoms with Gasteiger partial charge < -0.3 is 10.3 Å². The van der Waals surface area contributed by atoms with Crippen LogP contribution in [0.1, 0.15) is 5.56 Å². The van der Waals surface area contributed by atoms with E-state index in [2.05, 4.69) is 10.3 Å². The van der Waals surface area contributed by atoms with Crippen molar-refractivity contribution >= 4 is 45.7 Å². The molecule has 3 rings (SSSR count). The normalized spacial score (nSPS) is 10.8. The first kappa shape index (κ1) is 14.0. The number of aromatic nitrogens is 1. The number of H-pyrrole nitrogens is 1. The highest BCUT2D eigenvalue weighted by molar-refractivity contribution is 6.33. The highest BCUT2D eigenvalue weighted by Gasteiger charge is 2.10. The van der Waals surface area contributed by atoms with E-state index in [1.54, 1.807) is 12.1 Å². The molecule has 0 spiro atoms. The van der Waals surface area contributed by atoms with Crippen molar-refractivity contribution in [1.29, 1.82) is 0 Å². The lowest BCUT2D eigenvalue weighted by molar-refractivity contribution is -0.115. The zero-order valence-corrected chi connectivity index (χ0v) is 12.5. The number of aromatic amines is 1. The number of benzene rings is 2. The fourth-order valence-corrected chi connectivity index (χ4v) is 2.59. The van der Waals surface area contributed by atoms with Crippen LogP contribution in [0.4, 0.5) is 5.69 Å². The minimum Gasteiger partial charge on any atom is -0.361 e. The average Bonchev–Trinajstić information content (AvgIpc) is 2.83. The van der Waals surface area contributed by atoms with Gasteiger partial charge in [0.15, 0.2) is 0 Å². The predicted octanol–water partition coefficient (Wildman–Crippen LogP) is 4.66. The topological polar surface area (TPSA) is 44.9 Å². The second-order valence-electron chi connectivity index (χ2n) is 4.71. The summed E-state index contributed by atoms with van der Waals surface area (Å²) in [4.78, 5) is 15.3. The monoisotopic (exact) mass is 318 g/mol. The van der Waals surface area contributed by atoms with Gasteiger partial charge in [0.1, 0.15) is 0 Å². The lowest BCUT2D eigenvalue weighted by atomic mass is 10.1. The van der Waals surface area contributed by atoms with Crippen molar-refractivity contribution in [2.24, 2.45) is 0 Å². The Kier molecular flexibility index (Phi) is 3.86. The molecule has 2 N–H and O–H groups in total.